The molecule has 0 aliphatic heterocycles. The molecule has 1 aliphatic carbocycles. The number of hydrogen-bond acceptors (Lipinski definition) is 3. The summed E-state index contributed by atoms with van der Waals surface area (Å²) in [4.78, 5) is 5.97. The number of rotatable bonds is 3. The third-order valence-corrected chi connectivity index (χ3v) is 2.38. The van der Waals surface area contributed by atoms with Gasteiger partial charge in [0.25, 0.3) is 0 Å². The smallest absolute Gasteiger partial charge is 0.162 e. The van der Waals surface area contributed by atoms with Crippen molar-refractivity contribution in [2.75, 3.05) is 19.0 Å². The van der Waals surface area contributed by atoms with E-state index in [9.17, 15) is 0 Å². The highest BCUT2D eigenvalue weighted by atomic mass is 35.5. The average Bonchev–Trinajstić information content (AvgIpc) is 2.87. The third-order valence-electron chi connectivity index (χ3n) is 2.10. The molecule has 0 unspecified atom stereocenters. The molecule has 1 fully saturated rings. The number of anilines is 1. The summed E-state index contributed by atoms with van der Waals surface area (Å²) in [6.45, 7) is 0. The standard InChI is InChI=1S/C10H13ClN2O/c1-13(2)10-8(11)5-12-6-9(10)14-7-3-4-7/h5-7H,3-4H2,1-2H3. The third kappa shape index (κ3) is 1.93. The van der Waals surface area contributed by atoms with Gasteiger partial charge in [-0.15, -0.1) is 0 Å². The maximum atomic E-state index is 6.04. The van der Waals surface area contributed by atoms with Crippen LogP contribution in [0.3, 0.4) is 0 Å². The van der Waals surface area contributed by atoms with Gasteiger partial charge in [0.1, 0.15) is 5.69 Å². The Hall–Kier alpha value is -0.960. The van der Waals surface area contributed by atoms with Gasteiger partial charge in [-0.2, -0.15) is 0 Å². The summed E-state index contributed by atoms with van der Waals surface area (Å²) < 4.78 is 5.71. The van der Waals surface area contributed by atoms with Crippen LogP contribution in [0.15, 0.2) is 12.4 Å². The molecule has 0 spiro atoms. The maximum Gasteiger partial charge on any atom is 0.162 e. The molecule has 0 amide bonds. The van der Waals surface area contributed by atoms with Crippen LogP contribution in [-0.4, -0.2) is 25.2 Å². The number of halogens is 1. The molecule has 0 atom stereocenters. The average molecular weight is 213 g/mol. The molecule has 1 saturated carbocycles. The predicted octanol–water partition coefficient (Wildman–Crippen LogP) is 2.34. The zero-order chi connectivity index (χ0) is 10.1. The van der Waals surface area contributed by atoms with Crippen molar-refractivity contribution in [3.8, 4) is 5.75 Å². The van der Waals surface area contributed by atoms with Gasteiger partial charge >= 0.3 is 0 Å². The molecule has 76 valence electrons. The van der Waals surface area contributed by atoms with Crippen LogP contribution in [0, 0.1) is 0 Å². The topological polar surface area (TPSA) is 25.4 Å². The van der Waals surface area contributed by atoms with E-state index in [1.54, 1.807) is 12.4 Å². The molecule has 0 aromatic carbocycles. The molecule has 1 aromatic rings. The molecule has 14 heavy (non-hydrogen) atoms. The van der Waals surface area contributed by atoms with Crippen molar-refractivity contribution in [2.24, 2.45) is 0 Å². The Kier molecular flexibility index (Phi) is 2.50. The van der Waals surface area contributed by atoms with Crippen molar-refractivity contribution >= 4 is 17.3 Å². The summed E-state index contributed by atoms with van der Waals surface area (Å²) >= 11 is 6.04. The lowest BCUT2D eigenvalue weighted by Gasteiger charge is -2.18. The van der Waals surface area contributed by atoms with E-state index in [0.29, 0.717) is 11.1 Å². The highest BCUT2D eigenvalue weighted by Gasteiger charge is 2.25. The van der Waals surface area contributed by atoms with Gasteiger partial charge in [0, 0.05) is 20.3 Å². The minimum atomic E-state index is 0.369. The van der Waals surface area contributed by atoms with Crippen molar-refractivity contribution in [2.45, 2.75) is 18.9 Å². The fourth-order valence-electron chi connectivity index (χ4n) is 1.30. The van der Waals surface area contributed by atoms with Gasteiger partial charge in [0.05, 0.1) is 17.3 Å². The van der Waals surface area contributed by atoms with Crippen molar-refractivity contribution in [1.82, 2.24) is 4.98 Å². The zero-order valence-corrected chi connectivity index (χ0v) is 9.08. The normalized spacial score (nSPS) is 15.4. The first-order valence-electron chi connectivity index (χ1n) is 4.66. The lowest BCUT2D eigenvalue weighted by atomic mass is 10.3. The summed E-state index contributed by atoms with van der Waals surface area (Å²) in [6.07, 6.45) is 6.00. The lowest BCUT2D eigenvalue weighted by molar-refractivity contribution is 0.303. The summed E-state index contributed by atoms with van der Waals surface area (Å²) in [5.74, 6) is 0.782. The second-order valence-corrected chi connectivity index (χ2v) is 4.09. The van der Waals surface area contributed by atoms with Crippen molar-refractivity contribution in [3.05, 3.63) is 17.4 Å². The van der Waals surface area contributed by atoms with Crippen LogP contribution < -0.4 is 9.64 Å². The SMILES string of the molecule is CN(C)c1c(Cl)cncc1OC1CC1. The van der Waals surface area contributed by atoms with Crippen LogP contribution in [-0.2, 0) is 0 Å². The highest BCUT2D eigenvalue weighted by molar-refractivity contribution is 6.33. The highest BCUT2D eigenvalue weighted by Crippen LogP contribution is 2.36. The number of ether oxygens (including phenoxy) is 1. The molecule has 0 radical (unpaired) electrons. The first kappa shape index (κ1) is 9.59. The first-order valence-corrected chi connectivity index (χ1v) is 5.04. The fourth-order valence-corrected chi connectivity index (χ4v) is 1.61. The molecular formula is C10H13ClN2O. The van der Waals surface area contributed by atoms with Gasteiger partial charge in [0.2, 0.25) is 0 Å². The Morgan fingerprint density at radius 3 is 2.71 bits per heavy atom. The Labute approximate surface area is 88.6 Å². The number of hydrogen-bond donors (Lipinski definition) is 0. The van der Waals surface area contributed by atoms with Gasteiger partial charge in [-0.3, -0.25) is 4.98 Å². The first-order chi connectivity index (χ1) is 6.68. The Bertz CT molecular complexity index is 337. The van der Waals surface area contributed by atoms with Gasteiger partial charge in [-0.1, -0.05) is 11.6 Å². The minimum Gasteiger partial charge on any atom is -0.487 e. The monoisotopic (exact) mass is 212 g/mol. The van der Waals surface area contributed by atoms with Crippen LogP contribution >= 0.6 is 11.6 Å². The Balaban J connectivity index is 2.30. The van der Waals surface area contributed by atoms with E-state index in [1.165, 1.54) is 0 Å². The molecule has 2 rings (SSSR count). The van der Waals surface area contributed by atoms with Gasteiger partial charge in [-0.05, 0) is 12.8 Å². The van der Waals surface area contributed by atoms with Crippen LogP contribution in [0.25, 0.3) is 0 Å². The van der Waals surface area contributed by atoms with E-state index in [4.69, 9.17) is 16.3 Å². The van der Waals surface area contributed by atoms with E-state index >= 15 is 0 Å². The fraction of sp³-hybridized carbons (Fsp3) is 0.500. The maximum absolute atomic E-state index is 6.04. The Morgan fingerprint density at radius 2 is 2.14 bits per heavy atom. The van der Waals surface area contributed by atoms with E-state index in [1.807, 2.05) is 19.0 Å². The molecule has 1 aromatic heterocycles. The number of pyridine rings is 1. The molecule has 0 saturated heterocycles. The van der Waals surface area contributed by atoms with E-state index in [0.717, 1.165) is 24.3 Å². The van der Waals surface area contributed by atoms with Gasteiger partial charge in [-0.25, -0.2) is 0 Å². The van der Waals surface area contributed by atoms with Crippen molar-refractivity contribution < 1.29 is 4.74 Å². The predicted molar refractivity (Wildman–Crippen MR) is 57.2 cm³/mol. The second-order valence-electron chi connectivity index (χ2n) is 3.68. The van der Waals surface area contributed by atoms with E-state index in [-0.39, 0.29) is 0 Å². The lowest BCUT2D eigenvalue weighted by Crippen LogP contribution is -2.12. The molecule has 4 heteroatoms. The number of nitrogens with zero attached hydrogens (tertiary/aromatic N) is 2. The van der Waals surface area contributed by atoms with Crippen LogP contribution in [0.4, 0.5) is 5.69 Å². The Morgan fingerprint density at radius 1 is 1.43 bits per heavy atom. The molecule has 1 aliphatic rings. The summed E-state index contributed by atoms with van der Waals surface area (Å²) in [5, 5.41) is 0.633. The number of aromatic nitrogens is 1. The van der Waals surface area contributed by atoms with Crippen LogP contribution in [0.1, 0.15) is 12.8 Å². The van der Waals surface area contributed by atoms with Gasteiger partial charge < -0.3 is 9.64 Å². The van der Waals surface area contributed by atoms with Gasteiger partial charge in [0.15, 0.2) is 5.75 Å². The van der Waals surface area contributed by atoms with Crippen molar-refractivity contribution in [3.63, 3.8) is 0 Å². The molecule has 0 N–H and O–H groups in total. The minimum absolute atomic E-state index is 0.369. The molecule has 1 heterocycles. The molecule has 3 nitrogen and oxygen atoms in total. The second kappa shape index (κ2) is 3.65. The quantitative estimate of drug-likeness (QED) is 0.769. The van der Waals surface area contributed by atoms with Crippen LogP contribution in [0.5, 0.6) is 5.75 Å². The molecular weight excluding hydrogens is 200 g/mol. The van der Waals surface area contributed by atoms with E-state index < -0.39 is 0 Å². The van der Waals surface area contributed by atoms with Crippen molar-refractivity contribution in [1.29, 1.82) is 0 Å². The largest absolute Gasteiger partial charge is 0.487 e. The van der Waals surface area contributed by atoms with Crippen LogP contribution in [0.2, 0.25) is 5.02 Å². The molecule has 0 bridgehead atoms. The summed E-state index contributed by atoms with van der Waals surface area (Å²) in [6, 6.07) is 0. The zero-order valence-electron chi connectivity index (χ0n) is 8.33. The van der Waals surface area contributed by atoms with E-state index in [2.05, 4.69) is 4.98 Å². The summed E-state index contributed by atoms with van der Waals surface area (Å²) in [7, 11) is 3.89. The summed E-state index contributed by atoms with van der Waals surface area (Å²) in [5.41, 5.74) is 0.911.